The summed E-state index contributed by atoms with van der Waals surface area (Å²) in [4.78, 5) is 17.6. The number of carboxylic acid groups (broad SMARTS) is 1. The summed E-state index contributed by atoms with van der Waals surface area (Å²) in [5.41, 5.74) is 4.90. The lowest BCUT2D eigenvalue weighted by atomic mass is 9.75. The van der Waals surface area contributed by atoms with Gasteiger partial charge in [0, 0.05) is 24.2 Å². The lowest BCUT2D eigenvalue weighted by Gasteiger charge is -2.41. The van der Waals surface area contributed by atoms with E-state index in [9.17, 15) is 23.1 Å². The molecule has 2 heterocycles. The van der Waals surface area contributed by atoms with Gasteiger partial charge in [0.2, 0.25) is 0 Å². The second-order valence-corrected chi connectivity index (χ2v) is 8.11. The van der Waals surface area contributed by atoms with Crippen molar-refractivity contribution < 1.29 is 23.1 Å². The largest absolute Gasteiger partial charge is 0.480 e. The number of aromatic nitrogens is 1. The molecule has 0 aliphatic carbocycles. The van der Waals surface area contributed by atoms with Crippen LogP contribution in [0.3, 0.4) is 0 Å². The number of hydrogen-bond donors (Lipinski definition) is 2. The maximum atomic E-state index is 13.4. The number of nitrogens with two attached hydrogens (primary N) is 1. The first kappa shape index (κ1) is 22.4. The maximum Gasteiger partial charge on any atom is 0.433 e. The molecule has 9 heteroatoms. The number of rotatable bonds is 7. The van der Waals surface area contributed by atoms with Crippen LogP contribution >= 0.6 is 0 Å². The molecule has 0 spiro atoms. The second-order valence-electron chi connectivity index (χ2n) is 8.11. The SMILES string of the molecule is BCCCCC(N)(C(=O)O)C1CCN(c2cc(C(F)(F)F)nc3ccccc23)CC1. The van der Waals surface area contributed by atoms with Gasteiger partial charge < -0.3 is 15.7 Å². The minimum atomic E-state index is -4.54. The molecular formula is C21H27BF3N3O2. The van der Waals surface area contributed by atoms with E-state index >= 15 is 0 Å². The molecule has 1 saturated heterocycles. The third-order valence-corrected chi connectivity index (χ3v) is 6.14. The number of pyridine rings is 1. The van der Waals surface area contributed by atoms with E-state index in [0.717, 1.165) is 25.2 Å². The summed E-state index contributed by atoms with van der Waals surface area (Å²) in [5, 5.41) is 10.4. The Bertz CT molecular complexity index is 901. The van der Waals surface area contributed by atoms with E-state index in [4.69, 9.17) is 5.73 Å². The fraction of sp³-hybridized carbons (Fsp3) is 0.524. The molecule has 1 aromatic carbocycles. The third-order valence-electron chi connectivity index (χ3n) is 6.14. The van der Waals surface area contributed by atoms with Crippen molar-refractivity contribution >= 4 is 30.4 Å². The molecule has 1 aliphatic rings. The molecule has 0 radical (unpaired) electrons. The molecule has 30 heavy (non-hydrogen) atoms. The number of fused-ring (bicyclic) bond motifs is 1. The van der Waals surface area contributed by atoms with Crippen LogP contribution in [-0.2, 0) is 11.0 Å². The van der Waals surface area contributed by atoms with E-state index in [1.807, 2.05) is 12.7 Å². The fourth-order valence-corrected chi connectivity index (χ4v) is 4.35. The van der Waals surface area contributed by atoms with Crippen LogP contribution in [0.4, 0.5) is 18.9 Å². The van der Waals surface area contributed by atoms with Crippen LogP contribution in [0, 0.1) is 5.92 Å². The van der Waals surface area contributed by atoms with Gasteiger partial charge in [-0.2, -0.15) is 13.2 Å². The molecule has 0 saturated carbocycles. The topological polar surface area (TPSA) is 79.5 Å². The van der Waals surface area contributed by atoms with Gasteiger partial charge in [-0.15, -0.1) is 0 Å². The minimum Gasteiger partial charge on any atom is -0.480 e. The summed E-state index contributed by atoms with van der Waals surface area (Å²) in [6.07, 6.45) is -0.425. The van der Waals surface area contributed by atoms with Gasteiger partial charge in [-0.05, 0) is 37.3 Å². The first-order chi connectivity index (χ1) is 14.2. The van der Waals surface area contributed by atoms with Crippen molar-refractivity contribution in [3.63, 3.8) is 0 Å². The van der Waals surface area contributed by atoms with Crippen molar-refractivity contribution in [3.8, 4) is 0 Å². The number of carbonyl (C=O) groups is 1. The number of alkyl halides is 3. The van der Waals surface area contributed by atoms with Crippen molar-refractivity contribution in [1.29, 1.82) is 0 Å². The number of nitrogens with zero attached hydrogens (tertiary/aromatic N) is 2. The minimum absolute atomic E-state index is 0.210. The molecule has 3 N–H and O–H groups in total. The monoisotopic (exact) mass is 421 g/mol. The van der Waals surface area contributed by atoms with Gasteiger partial charge in [0.1, 0.15) is 19.1 Å². The Morgan fingerprint density at radius 3 is 2.50 bits per heavy atom. The van der Waals surface area contributed by atoms with E-state index in [0.29, 0.717) is 48.9 Å². The van der Waals surface area contributed by atoms with Gasteiger partial charge in [0.15, 0.2) is 0 Å². The molecule has 2 aromatic rings. The van der Waals surface area contributed by atoms with Gasteiger partial charge >= 0.3 is 12.1 Å². The first-order valence-corrected chi connectivity index (χ1v) is 10.4. The van der Waals surface area contributed by atoms with Crippen LogP contribution in [0.5, 0.6) is 0 Å². The van der Waals surface area contributed by atoms with Gasteiger partial charge in [-0.25, -0.2) is 4.98 Å². The fourth-order valence-electron chi connectivity index (χ4n) is 4.35. The number of carboxylic acids is 1. The van der Waals surface area contributed by atoms with Crippen LogP contribution in [0.1, 0.15) is 37.8 Å². The van der Waals surface area contributed by atoms with E-state index in [1.165, 1.54) is 0 Å². The summed E-state index contributed by atoms with van der Waals surface area (Å²) in [6, 6.07) is 7.87. The summed E-state index contributed by atoms with van der Waals surface area (Å²) < 4.78 is 40.1. The van der Waals surface area contributed by atoms with Crippen molar-refractivity contribution in [2.24, 2.45) is 11.7 Å². The van der Waals surface area contributed by atoms with Crippen molar-refractivity contribution in [3.05, 3.63) is 36.0 Å². The summed E-state index contributed by atoms with van der Waals surface area (Å²) in [5.74, 6) is -1.20. The Morgan fingerprint density at radius 2 is 1.90 bits per heavy atom. The molecule has 1 fully saturated rings. The van der Waals surface area contributed by atoms with Gasteiger partial charge in [0.25, 0.3) is 0 Å². The smallest absolute Gasteiger partial charge is 0.433 e. The molecule has 1 atom stereocenters. The average molecular weight is 421 g/mol. The number of aliphatic carboxylic acids is 1. The zero-order chi connectivity index (χ0) is 21.9. The maximum absolute atomic E-state index is 13.4. The predicted octanol–water partition coefficient (Wildman–Crippen LogP) is 3.47. The van der Waals surface area contributed by atoms with Gasteiger partial charge in [0.05, 0.1) is 5.52 Å². The number of unbranched alkanes of at least 4 members (excludes halogenated alkanes) is 1. The second kappa shape index (κ2) is 8.84. The zero-order valence-corrected chi connectivity index (χ0v) is 17.1. The Hall–Kier alpha value is -2.29. The number of hydrogen-bond acceptors (Lipinski definition) is 4. The van der Waals surface area contributed by atoms with Crippen molar-refractivity contribution in [1.82, 2.24) is 4.98 Å². The number of benzene rings is 1. The van der Waals surface area contributed by atoms with E-state index in [2.05, 4.69) is 4.98 Å². The Morgan fingerprint density at radius 1 is 1.23 bits per heavy atom. The predicted molar refractivity (Wildman–Crippen MR) is 113 cm³/mol. The molecule has 1 aromatic heterocycles. The molecule has 162 valence electrons. The molecule has 1 unspecified atom stereocenters. The summed E-state index contributed by atoms with van der Waals surface area (Å²) >= 11 is 0. The van der Waals surface area contributed by atoms with Gasteiger partial charge in [-0.3, -0.25) is 4.79 Å². The normalized spacial score (nSPS) is 17.8. The highest BCUT2D eigenvalue weighted by molar-refractivity contribution is 6.08. The van der Waals surface area contributed by atoms with E-state index < -0.39 is 23.4 Å². The lowest BCUT2D eigenvalue weighted by Crippen LogP contribution is -2.57. The average Bonchev–Trinajstić information content (AvgIpc) is 2.72. The third kappa shape index (κ3) is 4.56. The summed E-state index contributed by atoms with van der Waals surface area (Å²) in [6.45, 7) is 0.909. The zero-order valence-electron chi connectivity index (χ0n) is 17.1. The quantitative estimate of drug-likeness (QED) is 0.529. The van der Waals surface area contributed by atoms with Crippen molar-refractivity contribution in [2.75, 3.05) is 18.0 Å². The number of para-hydroxylation sites is 1. The Labute approximate surface area is 174 Å². The summed E-state index contributed by atoms with van der Waals surface area (Å²) in [7, 11) is 2.05. The lowest BCUT2D eigenvalue weighted by molar-refractivity contribution is -0.146. The Balaban J connectivity index is 1.84. The molecule has 3 rings (SSSR count). The van der Waals surface area contributed by atoms with E-state index in [-0.39, 0.29) is 5.92 Å². The molecule has 5 nitrogen and oxygen atoms in total. The van der Waals surface area contributed by atoms with Crippen LogP contribution in [0.15, 0.2) is 30.3 Å². The highest BCUT2D eigenvalue weighted by Gasteiger charge is 2.43. The van der Waals surface area contributed by atoms with Crippen LogP contribution in [0.25, 0.3) is 10.9 Å². The van der Waals surface area contributed by atoms with Crippen LogP contribution in [-0.4, -0.2) is 42.5 Å². The molecular weight excluding hydrogens is 394 g/mol. The van der Waals surface area contributed by atoms with Gasteiger partial charge in [-0.1, -0.05) is 37.4 Å². The highest BCUT2D eigenvalue weighted by atomic mass is 19.4. The van der Waals surface area contributed by atoms with Crippen molar-refractivity contribution in [2.45, 2.75) is 50.1 Å². The molecule has 0 bridgehead atoms. The molecule has 0 amide bonds. The highest BCUT2D eigenvalue weighted by Crippen LogP contribution is 2.38. The Kier molecular flexibility index (Phi) is 6.60. The van der Waals surface area contributed by atoms with Crippen LogP contribution in [0.2, 0.25) is 6.32 Å². The first-order valence-electron chi connectivity index (χ1n) is 10.4. The van der Waals surface area contributed by atoms with E-state index in [1.54, 1.807) is 24.3 Å². The number of anilines is 1. The molecule has 1 aliphatic heterocycles. The van der Waals surface area contributed by atoms with Crippen LogP contribution < -0.4 is 10.6 Å². The standard InChI is InChI=1S/C21H27BF3N3O2/c22-10-4-3-9-20(26,19(29)30)14-7-11-28(12-8-14)17-13-18(21(23,24)25)27-16-6-2-1-5-15(16)17/h1-2,5-6,13-14H,3-4,7-12,22,26H2,(H,29,30). The number of piperidine rings is 1. The number of halogens is 3.